The van der Waals surface area contributed by atoms with Crippen LogP contribution in [0.1, 0.15) is 21.6 Å². The number of methoxy groups -OCH3 is 3. The van der Waals surface area contributed by atoms with Gasteiger partial charge in [0.2, 0.25) is 0 Å². The van der Waals surface area contributed by atoms with Crippen molar-refractivity contribution in [1.29, 1.82) is 0 Å². The molecule has 3 aromatic carbocycles. The summed E-state index contributed by atoms with van der Waals surface area (Å²) in [6.45, 7) is 0. The normalized spacial score (nSPS) is 10.7. The number of hydrogen-bond donors (Lipinski definition) is 0. The van der Waals surface area contributed by atoms with Crippen LogP contribution < -0.4 is 23.5 Å². The van der Waals surface area contributed by atoms with Gasteiger partial charge in [-0.2, -0.15) is 0 Å². The summed E-state index contributed by atoms with van der Waals surface area (Å²) in [5.41, 5.74) is 2.78. The maximum atomic E-state index is 10.9. The summed E-state index contributed by atoms with van der Waals surface area (Å²) in [5, 5.41) is 2.15. The van der Waals surface area contributed by atoms with Gasteiger partial charge in [0.05, 0.1) is 33.1 Å². The van der Waals surface area contributed by atoms with Crippen molar-refractivity contribution in [1.82, 2.24) is 0 Å². The summed E-state index contributed by atoms with van der Waals surface area (Å²) in [6, 6.07) is 18.9. The monoisotopic (exact) mass is 444 g/mol. The molecule has 4 rings (SSSR count). The number of carbonyl (C=O) groups excluding carboxylic acids is 1. The van der Waals surface area contributed by atoms with Crippen LogP contribution in [0.5, 0.6) is 28.7 Å². The Bertz CT molecular complexity index is 1300. The molecule has 0 saturated heterocycles. The Morgan fingerprint density at radius 2 is 1.48 bits per heavy atom. The lowest BCUT2D eigenvalue weighted by Crippen LogP contribution is -2.33. The van der Waals surface area contributed by atoms with E-state index in [0.29, 0.717) is 40.7 Å². The van der Waals surface area contributed by atoms with Crippen molar-refractivity contribution in [3.63, 3.8) is 0 Å². The van der Waals surface area contributed by atoms with Gasteiger partial charge in [-0.3, -0.25) is 4.79 Å². The predicted molar refractivity (Wildman–Crippen MR) is 126 cm³/mol. The third-order valence-corrected chi connectivity index (χ3v) is 5.61. The van der Waals surface area contributed by atoms with Crippen molar-refractivity contribution in [2.24, 2.45) is 7.05 Å². The molecule has 0 aliphatic rings. The van der Waals surface area contributed by atoms with E-state index in [-0.39, 0.29) is 0 Å². The van der Waals surface area contributed by atoms with E-state index >= 15 is 0 Å². The molecule has 0 spiro atoms. The van der Waals surface area contributed by atoms with Crippen molar-refractivity contribution in [3.8, 4) is 28.7 Å². The first kappa shape index (κ1) is 22.1. The van der Waals surface area contributed by atoms with Crippen LogP contribution in [0.4, 0.5) is 0 Å². The second kappa shape index (κ2) is 9.61. The van der Waals surface area contributed by atoms with Gasteiger partial charge in [0.25, 0.3) is 0 Å². The highest BCUT2D eigenvalue weighted by Crippen LogP contribution is 2.35. The molecule has 0 saturated carbocycles. The molecule has 1 aromatic heterocycles. The number of hydrogen-bond acceptors (Lipinski definition) is 5. The number of carbonyl (C=O) groups is 1. The zero-order chi connectivity index (χ0) is 23.4. The first-order valence-electron chi connectivity index (χ1n) is 10.5. The van der Waals surface area contributed by atoms with Gasteiger partial charge in [0.1, 0.15) is 19.1 Å². The van der Waals surface area contributed by atoms with E-state index < -0.39 is 0 Å². The van der Waals surface area contributed by atoms with Crippen LogP contribution in [0.3, 0.4) is 0 Å². The second-order valence-electron chi connectivity index (χ2n) is 7.62. The molecule has 33 heavy (non-hydrogen) atoms. The van der Waals surface area contributed by atoms with Crippen LogP contribution in [0.15, 0.2) is 66.9 Å². The molecule has 0 aliphatic heterocycles. The van der Waals surface area contributed by atoms with Crippen molar-refractivity contribution >= 4 is 17.1 Å². The Hall–Kier alpha value is -4.06. The van der Waals surface area contributed by atoms with Gasteiger partial charge in [0, 0.05) is 11.6 Å². The van der Waals surface area contributed by atoms with Gasteiger partial charge < -0.3 is 18.9 Å². The fraction of sp³-hybridized carbons (Fsp3) is 0.185. The zero-order valence-corrected chi connectivity index (χ0v) is 19.1. The molecule has 0 N–H and O–H groups in total. The number of nitrogens with zero attached hydrogens (tertiary/aromatic N) is 1. The Labute approximate surface area is 192 Å². The summed E-state index contributed by atoms with van der Waals surface area (Å²) >= 11 is 0. The Morgan fingerprint density at radius 3 is 2.15 bits per heavy atom. The van der Waals surface area contributed by atoms with Gasteiger partial charge in [-0.1, -0.05) is 6.07 Å². The van der Waals surface area contributed by atoms with Gasteiger partial charge in [0.15, 0.2) is 34.9 Å². The highest BCUT2D eigenvalue weighted by molar-refractivity contribution is 5.87. The van der Waals surface area contributed by atoms with Crippen LogP contribution in [-0.4, -0.2) is 27.6 Å². The summed E-state index contributed by atoms with van der Waals surface area (Å²) in [4.78, 5) is 10.9. The smallest absolute Gasteiger partial charge is 0.193 e. The fourth-order valence-electron chi connectivity index (χ4n) is 3.82. The van der Waals surface area contributed by atoms with Crippen molar-refractivity contribution in [2.45, 2.75) is 6.42 Å². The van der Waals surface area contributed by atoms with Gasteiger partial charge in [-0.15, -0.1) is 0 Å². The maximum absolute atomic E-state index is 10.9. The first-order chi connectivity index (χ1) is 16.1. The number of rotatable bonds is 8. The average Bonchev–Trinajstić information content (AvgIpc) is 2.85. The van der Waals surface area contributed by atoms with E-state index in [2.05, 4.69) is 10.6 Å². The molecular weight excluding hydrogens is 418 g/mol. The average molecular weight is 445 g/mol. The molecule has 0 aliphatic carbocycles. The number of aldehydes is 1. The minimum atomic E-state index is 0.596. The molecule has 0 radical (unpaired) electrons. The number of pyridine rings is 1. The molecule has 0 unspecified atom stereocenters. The Kier molecular flexibility index (Phi) is 6.45. The van der Waals surface area contributed by atoms with Crippen LogP contribution in [-0.2, 0) is 13.5 Å². The van der Waals surface area contributed by atoms with Crippen LogP contribution in [0, 0.1) is 0 Å². The van der Waals surface area contributed by atoms with E-state index in [1.807, 2.05) is 43.6 Å². The van der Waals surface area contributed by atoms with E-state index in [1.54, 1.807) is 45.6 Å². The van der Waals surface area contributed by atoms with Crippen LogP contribution in [0.25, 0.3) is 10.8 Å². The lowest BCUT2D eigenvalue weighted by Gasteiger charge is -2.13. The highest BCUT2D eigenvalue weighted by Gasteiger charge is 2.18. The topological polar surface area (TPSA) is 57.9 Å². The minimum absolute atomic E-state index is 0.596. The maximum Gasteiger partial charge on any atom is 0.193 e. The summed E-state index contributed by atoms with van der Waals surface area (Å²) < 4.78 is 24.7. The molecule has 0 fully saturated rings. The largest absolute Gasteiger partial charge is 0.493 e. The minimum Gasteiger partial charge on any atom is -0.493 e. The van der Waals surface area contributed by atoms with Crippen molar-refractivity contribution < 1.29 is 28.3 Å². The van der Waals surface area contributed by atoms with Crippen LogP contribution >= 0.6 is 0 Å². The van der Waals surface area contributed by atoms with E-state index in [4.69, 9.17) is 18.9 Å². The van der Waals surface area contributed by atoms with Gasteiger partial charge in [-0.05, 0) is 59.5 Å². The van der Waals surface area contributed by atoms with E-state index in [0.717, 1.165) is 28.3 Å². The quantitative estimate of drug-likeness (QED) is 0.286. The summed E-state index contributed by atoms with van der Waals surface area (Å²) in [5.74, 6) is 3.26. The molecule has 1 heterocycles. The summed E-state index contributed by atoms with van der Waals surface area (Å²) in [7, 11) is 6.92. The Balaban J connectivity index is 1.72. The Morgan fingerprint density at radius 1 is 0.788 bits per heavy atom. The second-order valence-corrected chi connectivity index (χ2v) is 7.62. The standard InChI is InChI=1S/C27H26NO5/c1-28-12-11-20-15-25(31-3)26(32-4)16-22(20)23(28)13-19-7-10-24(30-2)27(14-19)33-21-8-5-18(17-29)6-9-21/h5-12,14-17H,13H2,1-4H3/q+1. The number of aryl methyl sites for hydroxylation is 1. The lowest BCUT2D eigenvalue weighted by molar-refractivity contribution is -0.677. The fourth-order valence-corrected chi connectivity index (χ4v) is 3.82. The number of ether oxygens (including phenoxy) is 4. The highest BCUT2D eigenvalue weighted by atomic mass is 16.5. The third-order valence-electron chi connectivity index (χ3n) is 5.61. The molecule has 0 bridgehead atoms. The first-order valence-corrected chi connectivity index (χ1v) is 10.5. The van der Waals surface area contributed by atoms with Gasteiger partial charge in [-0.25, -0.2) is 4.57 Å². The third kappa shape index (κ3) is 4.60. The number of benzene rings is 3. The molecule has 168 valence electrons. The molecule has 6 heteroatoms. The van der Waals surface area contributed by atoms with Crippen molar-refractivity contribution in [3.05, 3.63) is 83.7 Å². The summed E-state index contributed by atoms with van der Waals surface area (Å²) in [6.07, 6.45) is 3.52. The number of fused-ring (bicyclic) bond motifs is 1. The van der Waals surface area contributed by atoms with E-state index in [9.17, 15) is 4.79 Å². The molecule has 0 amide bonds. The molecule has 6 nitrogen and oxygen atoms in total. The molecule has 0 atom stereocenters. The van der Waals surface area contributed by atoms with Crippen LogP contribution in [0.2, 0.25) is 0 Å². The molecule has 4 aromatic rings. The van der Waals surface area contributed by atoms with Crippen molar-refractivity contribution in [2.75, 3.05) is 21.3 Å². The number of aromatic nitrogens is 1. The predicted octanol–water partition coefficient (Wildman–Crippen LogP) is 4.89. The van der Waals surface area contributed by atoms with E-state index in [1.165, 1.54) is 0 Å². The van der Waals surface area contributed by atoms with Gasteiger partial charge >= 0.3 is 0 Å². The SMILES string of the molecule is COc1cc2cc[n+](C)c(Cc3ccc(OC)c(Oc4ccc(C=O)cc4)c3)c2cc1OC. The lowest BCUT2D eigenvalue weighted by atomic mass is 10.0. The zero-order valence-electron chi connectivity index (χ0n) is 19.1. The molecular formula is C27H26NO5+.